The molecule has 0 atom stereocenters. The average Bonchev–Trinajstić information content (AvgIpc) is 3.04. The van der Waals surface area contributed by atoms with Gasteiger partial charge in [0.15, 0.2) is 0 Å². The van der Waals surface area contributed by atoms with Crippen LogP contribution in [0.3, 0.4) is 0 Å². The van der Waals surface area contributed by atoms with E-state index >= 15 is 0 Å². The number of hydrogen-bond donors (Lipinski definition) is 0. The van der Waals surface area contributed by atoms with E-state index < -0.39 is 0 Å². The van der Waals surface area contributed by atoms with Crippen LogP contribution in [0.2, 0.25) is 0 Å². The van der Waals surface area contributed by atoms with E-state index in [1.807, 2.05) is 0 Å². The molecule has 4 rings (SSSR count). The van der Waals surface area contributed by atoms with Crippen molar-refractivity contribution in [2.75, 3.05) is 0 Å². The highest BCUT2D eigenvalue weighted by atomic mass is 14.2. The Morgan fingerprint density at radius 3 is 1.52 bits per heavy atom. The Labute approximate surface area is 138 Å². The predicted octanol–water partition coefficient (Wildman–Crippen LogP) is 5.53. The summed E-state index contributed by atoms with van der Waals surface area (Å²) in [6.07, 6.45) is 4.78. The minimum absolute atomic E-state index is 0.586. The molecule has 0 spiro atoms. The van der Waals surface area contributed by atoms with Crippen LogP contribution in [0.15, 0.2) is 91.0 Å². The number of rotatable bonds is 3. The molecule has 3 aromatic carbocycles. The topological polar surface area (TPSA) is 0 Å². The van der Waals surface area contributed by atoms with Crippen molar-refractivity contribution >= 4 is 5.57 Å². The van der Waals surface area contributed by atoms with Crippen molar-refractivity contribution in [1.29, 1.82) is 0 Å². The van der Waals surface area contributed by atoms with Crippen LogP contribution >= 0.6 is 0 Å². The Morgan fingerprint density at radius 2 is 1.04 bits per heavy atom. The third-order valence-corrected chi connectivity index (χ3v) is 4.65. The third kappa shape index (κ3) is 2.98. The van der Waals surface area contributed by atoms with Gasteiger partial charge in [0, 0.05) is 0 Å². The third-order valence-electron chi connectivity index (χ3n) is 4.65. The lowest BCUT2D eigenvalue weighted by molar-refractivity contribution is 0.706. The summed E-state index contributed by atoms with van der Waals surface area (Å²) in [5.41, 5.74) is 6.97. The van der Waals surface area contributed by atoms with Crippen LogP contribution < -0.4 is 0 Å². The molecule has 1 aliphatic rings. The van der Waals surface area contributed by atoms with Gasteiger partial charge in [0.2, 0.25) is 0 Å². The van der Waals surface area contributed by atoms with E-state index in [1.165, 1.54) is 27.8 Å². The molecule has 1 aliphatic carbocycles. The molecule has 0 unspecified atom stereocenters. The van der Waals surface area contributed by atoms with Gasteiger partial charge in [0.1, 0.15) is 0 Å². The molecule has 23 heavy (non-hydrogen) atoms. The van der Waals surface area contributed by atoms with Gasteiger partial charge in [0.05, 0.1) is 0 Å². The summed E-state index contributed by atoms with van der Waals surface area (Å²) in [5.74, 6) is 0.586. The molecular weight excluding hydrogens is 276 g/mol. The zero-order valence-corrected chi connectivity index (χ0v) is 13.2. The van der Waals surface area contributed by atoms with Gasteiger partial charge in [-0.3, -0.25) is 0 Å². The lowest BCUT2D eigenvalue weighted by Gasteiger charge is -2.12. The quantitative estimate of drug-likeness (QED) is 0.596. The molecule has 3 aromatic rings. The van der Waals surface area contributed by atoms with Crippen LogP contribution in [0.1, 0.15) is 22.3 Å². The molecule has 0 saturated heterocycles. The maximum atomic E-state index is 2.48. The van der Waals surface area contributed by atoms with Gasteiger partial charge in [-0.2, -0.15) is 0 Å². The largest absolute Gasteiger partial charge is 0.0723 e. The first-order chi connectivity index (χ1) is 11.4. The van der Waals surface area contributed by atoms with Crippen LogP contribution in [0.25, 0.3) is 5.57 Å². The first kappa shape index (κ1) is 14.0. The van der Waals surface area contributed by atoms with Crippen molar-refractivity contribution in [2.45, 2.75) is 12.8 Å². The summed E-state index contributed by atoms with van der Waals surface area (Å²) < 4.78 is 0. The summed E-state index contributed by atoms with van der Waals surface area (Å²) in [4.78, 5) is 0. The van der Waals surface area contributed by atoms with Crippen molar-refractivity contribution < 1.29 is 0 Å². The molecule has 0 amide bonds. The molecule has 0 radical (unpaired) electrons. The highest BCUT2D eigenvalue weighted by molar-refractivity contribution is 5.80. The second-order valence-corrected chi connectivity index (χ2v) is 6.25. The van der Waals surface area contributed by atoms with Gasteiger partial charge in [0.25, 0.3) is 0 Å². The van der Waals surface area contributed by atoms with E-state index in [1.54, 1.807) is 0 Å². The molecular formula is C23H20. The fourth-order valence-electron chi connectivity index (χ4n) is 3.54. The molecule has 0 heterocycles. The van der Waals surface area contributed by atoms with E-state index in [4.69, 9.17) is 0 Å². The first-order valence-corrected chi connectivity index (χ1v) is 8.29. The fraction of sp³-hybridized carbons (Fsp3) is 0.130. The Kier molecular flexibility index (Phi) is 3.81. The molecule has 0 saturated carbocycles. The van der Waals surface area contributed by atoms with Crippen LogP contribution in [-0.4, -0.2) is 0 Å². The number of fused-ring (bicyclic) bond motifs is 1. The molecule has 0 fully saturated rings. The Morgan fingerprint density at radius 1 is 0.609 bits per heavy atom. The van der Waals surface area contributed by atoms with Crippen molar-refractivity contribution in [3.8, 4) is 0 Å². The highest BCUT2D eigenvalue weighted by Gasteiger charge is 2.20. The monoisotopic (exact) mass is 296 g/mol. The van der Waals surface area contributed by atoms with E-state index in [0.717, 1.165) is 12.8 Å². The second-order valence-electron chi connectivity index (χ2n) is 6.25. The van der Waals surface area contributed by atoms with Crippen molar-refractivity contribution in [1.82, 2.24) is 0 Å². The summed E-state index contributed by atoms with van der Waals surface area (Å²) in [6.45, 7) is 0. The van der Waals surface area contributed by atoms with E-state index in [0.29, 0.717) is 5.92 Å². The van der Waals surface area contributed by atoms with Crippen LogP contribution in [0, 0.1) is 5.92 Å². The van der Waals surface area contributed by atoms with Gasteiger partial charge in [-0.1, -0.05) is 91.0 Å². The van der Waals surface area contributed by atoms with Crippen LogP contribution in [0.4, 0.5) is 0 Å². The van der Waals surface area contributed by atoms with Gasteiger partial charge < -0.3 is 0 Å². The lowest BCUT2D eigenvalue weighted by atomic mass is 9.93. The molecule has 0 N–H and O–H groups in total. The first-order valence-electron chi connectivity index (χ1n) is 8.29. The minimum atomic E-state index is 0.586. The lowest BCUT2D eigenvalue weighted by Crippen LogP contribution is -1.98. The second kappa shape index (κ2) is 6.26. The maximum absolute atomic E-state index is 2.48. The number of allylic oxidation sites excluding steroid dienone is 1. The predicted molar refractivity (Wildman–Crippen MR) is 97.3 cm³/mol. The molecule has 0 heteroatoms. The maximum Gasteiger partial charge on any atom is -0.0143 e. The molecule has 0 bridgehead atoms. The van der Waals surface area contributed by atoms with Crippen LogP contribution in [-0.2, 0) is 12.8 Å². The van der Waals surface area contributed by atoms with Gasteiger partial charge in [-0.25, -0.2) is 0 Å². The summed E-state index contributed by atoms with van der Waals surface area (Å²) in [6, 6.07) is 30.3. The smallest absolute Gasteiger partial charge is 0.0143 e. The minimum Gasteiger partial charge on any atom is -0.0723 e. The van der Waals surface area contributed by atoms with Gasteiger partial charge >= 0.3 is 0 Å². The van der Waals surface area contributed by atoms with Gasteiger partial charge in [-0.15, -0.1) is 0 Å². The zero-order valence-electron chi connectivity index (χ0n) is 13.2. The molecule has 0 nitrogen and oxygen atoms in total. The Bertz CT molecular complexity index is 746. The van der Waals surface area contributed by atoms with E-state index in [2.05, 4.69) is 91.0 Å². The summed E-state index contributed by atoms with van der Waals surface area (Å²) in [7, 11) is 0. The van der Waals surface area contributed by atoms with Crippen LogP contribution in [0.5, 0.6) is 0 Å². The van der Waals surface area contributed by atoms with E-state index in [-0.39, 0.29) is 0 Å². The normalized spacial score (nSPS) is 13.6. The Hall–Kier alpha value is -2.60. The molecule has 0 aromatic heterocycles. The van der Waals surface area contributed by atoms with E-state index in [9.17, 15) is 0 Å². The molecule has 112 valence electrons. The number of hydrogen-bond acceptors (Lipinski definition) is 0. The number of benzene rings is 3. The van der Waals surface area contributed by atoms with Crippen molar-refractivity contribution in [3.05, 3.63) is 113 Å². The zero-order chi connectivity index (χ0) is 15.5. The summed E-state index contributed by atoms with van der Waals surface area (Å²) >= 11 is 0. The Balaban J connectivity index is 1.72. The standard InChI is InChI=1S/C23H20/c1-3-9-19(10-4-1)23(20-11-5-2-6-12-20)17-18-15-21-13-7-8-14-22(21)16-18/h1-14,17-18H,15-16H2. The average molecular weight is 296 g/mol. The fourth-order valence-corrected chi connectivity index (χ4v) is 3.54. The van der Waals surface area contributed by atoms with Crippen molar-refractivity contribution in [2.24, 2.45) is 5.92 Å². The van der Waals surface area contributed by atoms with Gasteiger partial charge in [-0.05, 0) is 46.6 Å². The molecule has 0 aliphatic heterocycles. The SMILES string of the molecule is C(=C(c1ccccc1)c1ccccc1)C1Cc2ccccc2C1. The van der Waals surface area contributed by atoms with Crippen molar-refractivity contribution in [3.63, 3.8) is 0 Å². The highest BCUT2D eigenvalue weighted by Crippen LogP contribution is 2.32. The summed E-state index contributed by atoms with van der Waals surface area (Å²) in [5, 5.41) is 0.